The van der Waals surface area contributed by atoms with Gasteiger partial charge in [-0.2, -0.15) is 0 Å². The molecule has 3 nitrogen and oxygen atoms in total. The van der Waals surface area contributed by atoms with Crippen LogP contribution in [-0.2, 0) is 14.6 Å². The highest BCUT2D eigenvalue weighted by Gasteiger charge is 2.39. The lowest BCUT2D eigenvalue weighted by Gasteiger charge is -2.32. The number of ether oxygens (including phenoxy) is 1. The maximum Gasteiger partial charge on any atom is 0.158 e. The third-order valence-electron chi connectivity index (χ3n) is 3.87. The second kappa shape index (κ2) is 5.05. The maximum atomic E-state index is 12.3. The Morgan fingerprint density at radius 1 is 1.31 bits per heavy atom. The molecule has 0 bridgehead atoms. The summed E-state index contributed by atoms with van der Waals surface area (Å²) in [5.74, 6) is 0.305. The molecule has 1 heterocycles. The summed E-state index contributed by atoms with van der Waals surface area (Å²) in [6.45, 7) is 8.26. The van der Waals surface area contributed by atoms with Crippen LogP contribution >= 0.6 is 0 Å². The summed E-state index contributed by atoms with van der Waals surface area (Å²) < 4.78 is 29.4. The van der Waals surface area contributed by atoms with Crippen molar-refractivity contribution in [2.24, 2.45) is 5.92 Å². The Bertz CT molecular complexity index is 311. The average Bonchev–Trinajstić information content (AvgIpc) is 2.18. The fraction of sp³-hybridized carbons (Fsp3) is 1.00. The highest BCUT2D eigenvalue weighted by Crippen LogP contribution is 2.28. The summed E-state index contributed by atoms with van der Waals surface area (Å²) in [7, 11) is -3.08. The van der Waals surface area contributed by atoms with Gasteiger partial charge >= 0.3 is 0 Å². The number of rotatable bonds is 4. The van der Waals surface area contributed by atoms with Crippen molar-refractivity contribution < 1.29 is 13.2 Å². The molecule has 1 atom stereocenters. The fourth-order valence-electron chi connectivity index (χ4n) is 1.76. The van der Waals surface area contributed by atoms with Gasteiger partial charge in [-0.05, 0) is 39.0 Å². The summed E-state index contributed by atoms with van der Waals surface area (Å²) >= 11 is 0. The molecule has 0 aromatic rings. The Morgan fingerprint density at radius 3 is 2.38 bits per heavy atom. The predicted octanol–water partition coefficient (Wildman–Crippen LogP) is 2.40. The van der Waals surface area contributed by atoms with Gasteiger partial charge in [0.2, 0.25) is 0 Å². The third kappa shape index (κ3) is 2.98. The summed E-state index contributed by atoms with van der Waals surface area (Å²) in [5, 5.41) is 0. The first-order valence-corrected chi connectivity index (χ1v) is 7.76. The molecule has 0 unspecified atom stereocenters. The van der Waals surface area contributed by atoms with Crippen molar-refractivity contribution in [3.8, 4) is 0 Å². The van der Waals surface area contributed by atoms with Gasteiger partial charge < -0.3 is 4.74 Å². The standard InChI is InChI=1S/C12H24O3S/c1-10(2)12(3,4)16(13,14)9-11-7-5-6-8-15-11/h10-11H,5-9H2,1-4H3/t11-/m1/s1. The van der Waals surface area contributed by atoms with E-state index in [-0.39, 0.29) is 17.8 Å². The van der Waals surface area contributed by atoms with Gasteiger partial charge in [0.15, 0.2) is 9.84 Å². The summed E-state index contributed by atoms with van der Waals surface area (Å²) in [6, 6.07) is 0. The van der Waals surface area contributed by atoms with Crippen LogP contribution in [0.5, 0.6) is 0 Å². The second-order valence-corrected chi connectivity index (χ2v) is 8.14. The van der Waals surface area contributed by atoms with E-state index in [1.165, 1.54) is 0 Å². The fourth-order valence-corrected chi connectivity index (χ4v) is 3.66. The summed E-state index contributed by atoms with van der Waals surface area (Å²) in [5.41, 5.74) is 0. The zero-order chi connectivity index (χ0) is 12.4. The molecule has 16 heavy (non-hydrogen) atoms. The van der Waals surface area contributed by atoms with Crippen LogP contribution in [0.3, 0.4) is 0 Å². The van der Waals surface area contributed by atoms with Crippen LogP contribution in [-0.4, -0.2) is 31.6 Å². The Hall–Kier alpha value is -0.0900. The van der Waals surface area contributed by atoms with E-state index < -0.39 is 14.6 Å². The van der Waals surface area contributed by atoms with E-state index in [1.807, 2.05) is 27.7 Å². The molecule has 0 amide bonds. The van der Waals surface area contributed by atoms with E-state index in [2.05, 4.69) is 0 Å². The Labute approximate surface area is 99.5 Å². The normalized spacial score (nSPS) is 23.7. The number of hydrogen-bond donors (Lipinski definition) is 0. The molecule has 0 aromatic heterocycles. The number of hydrogen-bond acceptors (Lipinski definition) is 3. The minimum atomic E-state index is -3.08. The Balaban J connectivity index is 2.70. The van der Waals surface area contributed by atoms with Gasteiger partial charge in [-0.3, -0.25) is 0 Å². The van der Waals surface area contributed by atoms with Crippen LogP contribution in [0.2, 0.25) is 0 Å². The molecule has 0 saturated carbocycles. The van der Waals surface area contributed by atoms with E-state index in [4.69, 9.17) is 4.74 Å². The molecule has 0 aromatic carbocycles. The lowest BCUT2D eigenvalue weighted by Crippen LogP contribution is -2.42. The van der Waals surface area contributed by atoms with Gasteiger partial charge in [-0.25, -0.2) is 8.42 Å². The molecule has 1 saturated heterocycles. The second-order valence-electron chi connectivity index (χ2n) is 5.53. The zero-order valence-corrected chi connectivity index (χ0v) is 11.6. The largest absolute Gasteiger partial charge is 0.377 e. The molecule has 4 heteroatoms. The lowest BCUT2D eigenvalue weighted by atomic mass is 10.00. The zero-order valence-electron chi connectivity index (χ0n) is 10.8. The van der Waals surface area contributed by atoms with Gasteiger partial charge in [0.1, 0.15) is 0 Å². The van der Waals surface area contributed by atoms with Crippen LogP contribution in [0.25, 0.3) is 0 Å². The minimum Gasteiger partial charge on any atom is -0.377 e. The third-order valence-corrected chi connectivity index (χ3v) is 6.76. The molecule has 0 aliphatic carbocycles. The molecule has 1 aliphatic heterocycles. The first-order valence-electron chi connectivity index (χ1n) is 6.11. The molecule has 96 valence electrons. The highest BCUT2D eigenvalue weighted by molar-refractivity contribution is 7.92. The van der Waals surface area contributed by atoms with Gasteiger partial charge in [0.25, 0.3) is 0 Å². The van der Waals surface area contributed by atoms with Crippen LogP contribution in [0.4, 0.5) is 0 Å². The molecule has 0 N–H and O–H groups in total. The monoisotopic (exact) mass is 248 g/mol. The van der Waals surface area contributed by atoms with Crippen LogP contribution in [0, 0.1) is 5.92 Å². The van der Waals surface area contributed by atoms with Crippen molar-refractivity contribution in [1.82, 2.24) is 0 Å². The molecule has 1 fully saturated rings. The Kier molecular flexibility index (Phi) is 4.41. The van der Waals surface area contributed by atoms with Gasteiger partial charge in [0, 0.05) is 6.61 Å². The first-order chi connectivity index (χ1) is 7.27. The van der Waals surface area contributed by atoms with E-state index >= 15 is 0 Å². The smallest absolute Gasteiger partial charge is 0.158 e. The number of sulfone groups is 1. The maximum absolute atomic E-state index is 12.3. The predicted molar refractivity (Wildman–Crippen MR) is 66.3 cm³/mol. The average molecular weight is 248 g/mol. The van der Waals surface area contributed by atoms with E-state index in [9.17, 15) is 8.42 Å². The quantitative estimate of drug-likeness (QED) is 0.767. The SMILES string of the molecule is CC(C)C(C)(C)S(=O)(=O)C[C@H]1CCCCO1. The Morgan fingerprint density at radius 2 is 1.94 bits per heavy atom. The lowest BCUT2D eigenvalue weighted by molar-refractivity contribution is 0.0302. The van der Waals surface area contributed by atoms with Crippen molar-refractivity contribution in [3.05, 3.63) is 0 Å². The minimum absolute atomic E-state index is 0.0863. The summed E-state index contributed by atoms with van der Waals surface area (Å²) in [6.07, 6.45) is 2.94. The van der Waals surface area contributed by atoms with Crippen molar-refractivity contribution in [2.75, 3.05) is 12.4 Å². The van der Waals surface area contributed by atoms with Gasteiger partial charge in [-0.15, -0.1) is 0 Å². The molecule has 0 radical (unpaired) electrons. The van der Waals surface area contributed by atoms with Crippen molar-refractivity contribution in [2.45, 2.75) is 57.8 Å². The van der Waals surface area contributed by atoms with Crippen LogP contribution in [0.15, 0.2) is 0 Å². The topological polar surface area (TPSA) is 43.4 Å². The van der Waals surface area contributed by atoms with E-state index in [1.54, 1.807) is 0 Å². The van der Waals surface area contributed by atoms with Gasteiger partial charge in [0.05, 0.1) is 16.6 Å². The molecule has 1 rings (SSSR count). The molecular formula is C12H24O3S. The van der Waals surface area contributed by atoms with E-state index in [0.29, 0.717) is 6.61 Å². The van der Waals surface area contributed by atoms with Crippen molar-refractivity contribution >= 4 is 9.84 Å². The van der Waals surface area contributed by atoms with Crippen molar-refractivity contribution in [1.29, 1.82) is 0 Å². The van der Waals surface area contributed by atoms with Crippen LogP contribution in [0.1, 0.15) is 47.0 Å². The molecule has 0 spiro atoms. The first kappa shape index (κ1) is 14.0. The van der Waals surface area contributed by atoms with Crippen LogP contribution < -0.4 is 0 Å². The van der Waals surface area contributed by atoms with E-state index in [0.717, 1.165) is 19.3 Å². The van der Waals surface area contributed by atoms with Crippen molar-refractivity contribution in [3.63, 3.8) is 0 Å². The molecular weight excluding hydrogens is 224 g/mol. The highest BCUT2D eigenvalue weighted by atomic mass is 32.2. The summed E-state index contributed by atoms with van der Waals surface area (Å²) in [4.78, 5) is 0. The van der Waals surface area contributed by atoms with Gasteiger partial charge in [-0.1, -0.05) is 13.8 Å². The molecule has 1 aliphatic rings.